The quantitative estimate of drug-likeness (QED) is 0.758. The molecule has 106 valence electrons. The zero-order valence-corrected chi connectivity index (χ0v) is 13.3. The highest BCUT2D eigenvalue weighted by atomic mass is 79.9. The molecule has 0 amide bonds. The second kappa shape index (κ2) is 5.69. The van der Waals surface area contributed by atoms with Crippen LogP contribution in [0.2, 0.25) is 0 Å². The van der Waals surface area contributed by atoms with E-state index in [1.165, 1.54) is 0 Å². The summed E-state index contributed by atoms with van der Waals surface area (Å²) in [5.74, 6) is 1.84. The number of benzene rings is 2. The molecule has 0 aliphatic rings. The number of hydrogen-bond donors (Lipinski definition) is 1. The molecule has 1 aromatic heterocycles. The topological polar surface area (TPSA) is 47.0 Å². The summed E-state index contributed by atoms with van der Waals surface area (Å²) in [6.07, 6.45) is 0. The third kappa shape index (κ3) is 2.83. The van der Waals surface area contributed by atoms with Gasteiger partial charge >= 0.3 is 0 Å². The highest BCUT2D eigenvalue weighted by molar-refractivity contribution is 9.10. The van der Waals surface area contributed by atoms with E-state index in [0.29, 0.717) is 11.8 Å². The van der Waals surface area contributed by atoms with Crippen molar-refractivity contribution in [2.45, 2.75) is 6.92 Å². The molecule has 1 N–H and O–H groups in total. The van der Waals surface area contributed by atoms with Gasteiger partial charge in [0.05, 0.1) is 10.9 Å². The van der Waals surface area contributed by atoms with Gasteiger partial charge < -0.3 is 10.1 Å². The smallest absolute Gasteiger partial charge is 0.231 e. The lowest BCUT2D eigenvalue weighted by molar-refractivity contribution is 0.468. The molecule has 4 nitrogen and oxygen atoms in total. The van der Waals surface area contributed by atoms with Crippen molar-refractivity contribution >= 4 is 32.8 Å². The maximum absolute atomic E-state index is 5.96. The number of anilines is 1. The first-order valence-corrected chi connectivity index (χ1v) is 7.35. The molecule has 5 heteroatoms. The Balaban J connectivity index is 2.08. The van der Waals surface area contributed by atoms with Crippen LogP contribution in [0.15, 0.2) is 46.9 Å². The SMILES string of the molecule is CNc1nc(Oc2ccc(Br)c(C)c2)c2ccccc2n1. The summed E-state index contributed by atoms with van der Waals surface area (Å²) in [6, 6.07) is 13.6. The highest BCUT2D eigenvalue weighted by Gasteiger charge is 2.09. The summed E-state index contributed by atoms with van der Waals surface area (Å²) < 4.78 is 7.01. The van der Waals surface area contributed by atoms with Gasteiger partial charge in [-0.15, -0.1) is 0 Å². The number of aryl methyl sites for hydroxylation is 1. The second-order valence-electron chi connectivity index (χ2n) is 4.63. The number of rotatable bonds is 3. The van der Waals surface area contributed by atoms with Crippen molar-refractivity contribution in [2.24, 2.45) is 0 Å². The second-order valence-corrected chi connectivity index (χ2v) is 5.49. The van der Waals surface area contributed by atoms with Crippen molar-refractivity contribution < 1.29 is 4.74 Å². The van der Waals surface area contributed by atoms with E-state index in [4.69, 9.17) is 4.74 Å². The third-order valence-corrected chi connectivity index (χ3v) is 4.03. The van der Waals surface area contributed by atoms with Crippen LogP contribution in [0.3, 0.4) is 0 Å². The molecule has 1 heterocycles. The van der Waals surface area contributed by atoms with Gasteiger partial charge in [-0.2, -0.15) is 4.98 Å². The van der Waals surface area contributed by atoms with Gasteiger partial charge in [-0.25, -0.2) is 4.98 Å². The van der Waals surface area contributed by atoms with Crippen LogP contribution in [-0.4, -0.2) is 17.0 Å². The van der Waals surface area contributed by atoms with E-state index in [2.05, 4.69) is 31.2 Å². The fraction of sp³-hybridized carbons (Fsp3) is 0.125. The van der Waals surface area contributed by atoms with Crippen LogP contribution in [0.5, 0.6) is 11.6 Å². The fourth-order valence-electron chi connectivity index (χ4n) is 2.03. The van der Waals surface area contributed by atoms with Gasteiger partial charge in [-0.1, -0.05) is 28.1 Å². The van der Waals surface area contributed by atoms with Crippen molar-refractivity contribution in [3.05, 3.63) is 52.5 Å². The Bertz CT molecular complexity index is 805. The zero-order valence-electron chi connectivity index (χ0n) is 11.7. The molecule has 2 aromatic carbocycles. The minimum atomic E-state index is 0.539. The Labute approximate surface area is 131 Å². The van der Waals surface area contributed by atoms with Gasteiger partial charge in [-0.3, -0.25) is 0 Å². The van der Waals surface area contributed by atoms with Crippen molar-refractivity contribution in [1.82, 2.24) is 9.97 Å². The number of ether oxygens (including phenoxy) is 1. The van der Waals surface area contributed by atoms with Crippen LogP contribution < -0.4 is 10.1 Å². The number of aromatic nitrogens is 2. The van der Waals surface area contributed by atoms with Crippen molar-refractivity contribution in [3.8, 4) is 11.6 Å². The Hall–Kier alpha value is -2.14. The van der Waals surface area contributed by atoms with Gasteiger partial charge in [-0.05, 0) is 42.8 Å². The average molecular weight is 344 g/mol. The van der Waals surface area contributed by atoms with Crippen LogP contribution in [0, 0.1) is 6.92 Å². The van der Waals surface area contributed by atoms with E-state index < -0.39 is 0 Å². The number of hydrogen-bond acceptors (Lipinski definition) is 4. The van der Waals surface area contributed by atoms with Crippen molar-refractivity contribution in [1.29, 1.82) is 0 Å². The molecule has 0 saturated heterocycles. The molecule has 21 heavy (non-hydrogen) atoms. The van der Waals surface area contributed by atoms with Crippen LogP contribution in [-0.2, 0) is 0 Å². The van der Waals surface area contributed by atoms with Crippen molar-refractivity contribution in [2.75, 3.05) is 12.4 Å². The summed E-state index contributed by atoms with van der Waals surface area (Å²) in [7, 11) is 1.79. The number of fused-ring (bicyclic) bond motifs is 1. The van der Waals surface area contributed by atoms with Gasteiger partial charge in [0.1, 0.15) is 5.75 Å². The summed E-state index contributed by atoms with van der Waals surface area (Å²) >= 11 is 3.49. The Morgan fingerprint density at radius 2 is 1.90 bits per heavy atom. The largest absolute Gasteiger partial charge is 0.438 e. The van der Waals surface area contributed by atoms with Crippen LogP contribution >= 0.6 is 15.9 Å². The summed E-state index contributed by atoms with van der Waals surface area (Å²) in [5, 5.41) is 3.84. The number of nitrogens with one attached hydrogen (secondary N) is 1. The van der Waals surface area contributed by atoms with E-state index >= 15 is 0 Å². The van der Waals surface area contributed by atoms with E-state index in [1.54, 1.807) is 7.05 Å². The Morgan fingerprint density at radius 1 is 1.10 bits per heavy atom. The number of halogens is 1. The lowest BCUT2D eigenvalue weighted by atomic mass is 10.2. The molecular formula is C16H14BrN3O. The molecule has 0 unspecified atom stereocenters. The molecule has 0 spiro atoms. The molecule has 3 aromatic rings. The minimum Gasteiger partial charge on any atom is -0.438 e. The first-order chi connectivity index (χ1) is 10.2. The molecule has 0 atom stereocenters. The predicted molar refractivity (Wildman–Crippen MR) is 88.0 cm³/mol. The molecule has 0 aliphatic heterocycles. The molecule has 0 fully saturated rings. The zero-order chi connectivity index (χ0) is 14.8. The average Bonchev–Trinajstić information content (AvgIpc) is 2.51. The molecule has 0 radical (unpaired) electrons. The maximum Gasteiger partial charge on any atom is 0.231 e. The first-order valence-electron chi connectivity index (χ1n) is 6.56. The predicted octanol–water partition coefficient (Wildman–Crippen LogP) is 4.53. The van der Waals surface area contributed by atoms with Gasteiger partial charge in [0, 0.05) is 11.5 Å². The van der Waals surface area contributed by atoms with Gasteiger partial charge in [0.15, 0.2) is 0 Å². The third-order valence-electron chi connectivity index (χ3n) is 3.14. The Morgan fingerprint density at radius 3 is 2.67 bits per heavy atom. The molecule has 0 saturated carbocycles. The van der Waals surface area contributed by atoms with Gasteiger partial charge in [0.2, 0.25) is 11.8 Å². The molecular weight excluding hydrogens is 330 g/mol. The minimum absolute atomic E-state index is 0.539. The normalized spacial score (nSPS) is 10.6. The van der Waals surface area contributed by atoms with E-state index in [0.717, 1.165) is 26.7 Å². The van der Waals surface area contributed by atoms with E-state index in [1.807, 2.05) is 49.4 Å². The number of nitrogens with zero attached hydrogens (tertiary/aromatic N) is 2. The lowest BCUT2D eigenvalue weighted by Crippen LogP contribution is -1.99. The highest BCUT2D eigenvalue weighted by Crippen LogP contribution is 2.30. The van der Waals surface area contributed by atoms with Crippen molar-refractivity contribution in [3.63, 3.8) is 0 Å². The summed E-state index contributed by atoms with van der Waals surface area (Å²) in [6.45, 7) is 2.02. The molecule has 0 bridgehead atoms. The lowest BCUT2D eigenvalue weighted by Gasteiger charge is -2.10. The first kappa shape index (κ1) is 13.8. The van der Waals surface area contributed by atoms with E-state index in [-0.39, 0.29) is 0 Å². The number of para-hydroxylation sites is 1. The van der Waals surface area contributed by atoms with Gasteiger partial charge in [0.25, 0.3) is 0 Å². The van der Waals surface area contributed by atoms with E-state index in [9.17, 15) is 0 Å². The standard InChI is InChI=1S/C16H14BrN3O/c1-10-9-11(7-8-13(10)17)21-15-12-5-3-4-6-14(12)19-16(18-2)20-15/h3-9H,1-2H3,(H,18,19,20). The van der Waals surface area contributed by atoms with Crippen LogP contribution in [0.25, 0.3) is 10.9 Å². The Kier molecular flexibility index (Phi) is 3.75. The van der Waals surface area contributed by atoms with Crippen LogP contribution in [0.4, 0.5) is 5.95 Å². The summed E-state index contributed by atoms with van der Waals surface area (Å²) in [5.41, 5.74) is 1.96. The van der Waals surface area contributed by atoms with Crippen LogP contribution in [0.1, 0.15) is 5.56 Å². The molecule has 0 aliphatic carbocycles. The monoisotopic (exact) mass is 343 g/mol. The molecule has 3 rings (SSSR count). The fourth-order valence-corrected chi connectivity index (χ4v) is 2.28. The summed E-state index contributed by atoms with van der Waals surface area (Å²) in [4.78, 5) is 8.83. The maximum atomic E-state index is 5.96.